The number of para-hydroxylation sites is 1. The highest BCUT2D eigenvalue weighted by atomic mass is 16.6. The number of nitrogens with zero attached hydrogens (tertiary/aromatic N) is 2. The van der Waals surface area contributed by atoms with E-state index in [0.29, 0.717) is 24.8 Å². The molecule has 1 amide bonds. The van der Waals surface area contributed by atoms with Crippen molar-refractivity contribution >= 4 is 11.8 Å². The number of hydrogen-bond acceptors (Lipinski definition) is 4. The van der Waals surface area contributed by atoms with Gasteiger partial charge in [0, 0.05) is 18.1 Å². The molecule has 6 nitrogen and oxygen atoms in total. The van der Waals surface area contributed by atoms with Crippen LogP contribution in [-0.2, 0) is 11.3 Å². The number of hydrogen-bond donors (Lipinski definition) is 1. The molecule has 0 saturated heterocycles. The minimum Gasteiger partial charge on any atom is -0.461 e. The molecule has 0 aliphatic carbocycles. The van der Waals surface area contributed by atoms with Gasteiger partial charge in [0.25, 0.3) is 6.01 Å². The normalized spacial score (nSPS) is 17.2. The maximum atomic E-state index is 11.7. The lowest BCUT2D eigenvalue weighted by Crippen LogP contribution is -2.35. The predicted molar refractivity (Wildman–Crippen MR) is 68.1 cm³/mol. The Balaban J connectivity index is 1.56. The van der Waals surface area contributed by atoms with E-state index in [1.807, 2.05) is 22.8 Å². The lowest BCUT2D eigenvalue weighted by Gasteiger charge is -2.24. The Bertz CT molecular complexity index is 568. The number of ether oxygens (including phenoxy) is 2. The number of aromatic nitrogens is 2. The molecule has 0 saturated carbocycles. The highest BCUT2D eigenvalue weighted by Crippen LogP contribution is 2.16. The van der Waals surface area contributed by atoms with Crippen LogP contribution in [0.3, 0.4) is 0 Å². The van der Waals surface area contributed by atoms with Gasteiger partial charge >= 0.3 is 6.09 Å². The lowest BCUT2D eigenvalue weighted by atomic mass is 10.3. The monoisotopic (exact) mass is 259 g/mol. The highest BCUT2D eigenvalue weighted by Gasteiger charge is 2.23. The third-order valence-electron chi connectivity index (χ3n) is 2.77. The van der Waals surface area contributed by atoms with Gasteiger partial charge in [0.15, 0.2) is 6.10 Å². The summed E-state index contributed by atoms with van der Waals surface area (Å²) in [6.45, 7) is 0.872. The number of imidazole rings is 1. The third-order valence-corrected chi connectivity index (χ3v) is 2.77. The molecule has 0 radical (unpaired) electrons. The number of benzene rings is 1. The van der Waals surface area contributed by atoms with Crippen molar-refractivity contribution in [2.24, 2.45) is 0 Å². The summed E-state index contributed by atoms with van der Waals surface area (Å²) in [6.07, 6.45) is 2.65. The van der Waals surface area contributed by atoms with Gasteiger partial charge in [-0.05, 0) is 12.1 Å². The van der Waals surface area contributed by atoms with Crippen molar-refractivity contribution in [2.75, 3.05) is 11.9 Å². The lowest BCUT2D eigenvalue weighted by molar-refractivity contribution is 0.0393. The second-order valence-corrected chi connectivity index (χ2v) is 4.19. The van der Waals surface area contributed by atoms with Crippen LogP contribution >= 0.6 is 0 Å². The van der Waals surface area contributed by atoms with E-state index >= 15 is 0 Å². The molecule has 19 heavy (non-hydrogen) atoms. The molecule has 1 aliphatic heterocycles. The topological polar surface area (TPSA) is 65.4 Å². The Kier molecular flexibility index (Phi) is 3.06. The fraction of sp³-hybridized carbons (Fsp3) is 0.231. The fourth-order valence-corrected chi connectivity index (χ4v) is 1.91. The van der Waals surface area contributed by atoms with Gasteiger partial charge in [-0.1, -0.05) is 18.2 Å². The van der Waals surface area contributed by atoms with Crippen LogP contribution in [0.15, 0.2) is 42.7 Å². The van der Waals surface area contributed by atoms with Gasteiger partial charge in [-0.3, -0.25) is 9.88 Å². The van der Waals surface area contributed by atoms with Gasteiger partial charge in [-0.15, -0.1) is 0 Å². The molecule has 0 fully saturated rings. The van der Waals surface area contributed by atoms with E-state index in [2.05, 4.69) is 10.3 Å². The Morgan fingerprint density at radius 3 is 3.11 bits per heavy atom. The van der Waals surface area contributed by atoms with Crippen LogP contribution in [0, 0.1) is 0 Å². The molecule has 98 valence electrons. The largest absolute Gasteiger partial charge is 0.461 e. The van der Waals surface area contributed by atoms with Gasteiger partial charge in [0.05, 0.1) is 6.54 Å². The minimum atomic E-state index is -0.483. The zero-order valence-electron chi connectivity index (χ0n) is 10.2. The molecular formula is C13H13N3O3. The summed E-state index contributed by atoms with van der Waals surface area (Å²) in [5.74, 6) is 0. The Labute approximate surface area is 110 Å². The summed E-state index contributed by atoms with van der Waals surface area (Å²) in [7, 11) is 0. The van der Waals surface area contributed by atoms with Crippen LogP contribution in [0.25, 0.3) is 0 Å². The van der Waals surface area contributed by atoms with E-state index < -0.39 is 6.09 Å². The van der Waals surface area contributed by atoms with Crippen LogP contribution in [0.1, 0.15) is 0 Å². The number of rotatable bonds is 2. The Morgan fingerprint density at radius 2 is 2.26 bits per heavy atom. The van der Waals surface area contributed by atoms with Crippen molar-refractivity contribution in [3.63, 3.8) is 0 Å². The predicted octanol–water partition coefficient (Wildman–Crippen LogP) is 1.89. The van der Waals surface area contributed by atoms with Gasteiger partial charge in [-0.25, -0.2) is 9.78 Å². The molecule has 1 aliphatic rings. The summed E-state index contributed by atoms with van der Waals surface area (Å²) in [5.41, 5.74) is 0.701. The molecular weight excluding hydrogens is 246 g/mol. The average molecular weight is 259 g/mol. The number of anilines is 1. The van der Waals surface area contributed by atoms with E-state index in [0.717, 1.165) is 0 Å². The first-order chi connectivity index (χ1) is 9.31. The summed E-state index contributed by atoms with van der Waals surface area (Å²) in [5, 5.41) is 2.67. The number of nitrogens with one attached hydrogen (secondary N) is 1. The van der Waals surface area contributed by atoms with Crippen molar-refractivity contribution in [1.29, 1.82) is 0 Å². The molecule has 2 heterocycles. The van der Waals surface area contributed by atoms with Gasteiger partial charge in [0.1, 0.15) is 6.61 Å². The standard InChI is InChI=1S/C13H13N3O3/c17-13(15-10-4-2-1-3-5-10)19-11-8-16-7-6-14-12(16)18-9-11/h1-7,11H,8-9H2,(H,15,17). The van der Waals surface area contributed by atoms with Crippen LogP contribution < -0.4 is 10.1 Å². The molecule has 1 unspecified atom stereocenters. The van der Waals surface area contributed by atoms with E-state index in [1.165, 1.54) is 0 Å². The smallest absolute Gasteiger partial charge is 0.412 e. The van der Waals surface area contributed by atoms with Crippen LogP contribution in [-0.4, -0.2) is 28.4 Å². The number of carbonyl (C=O) groups is 1. The molecule has 0 spiro atoms. The zero-order chi connectivity index (χ0) is 13.1. The molecule has 1 aromatic heterocycles. The first kappa shape index (κ1) is 11.6. The minimum absolute atomic E-state index is 0.314. The molecule has 3 rings (SSSR count). The molecule has 6 heteroatoms. The van der Waals surface area contributed by atoms with E-state index in [9.17, 15) is 4.79 Å². The van der Waals surface area contributed by atoms with Crippen molar-refractivity contribution in [1.82, 2.24) is 9.55 Å². The van der Waals surface area contributed by atoms with Crippen molar-refractivity contribution in [3.8, 4) is 6.01 Å². The molecule has 0 bridgehead atoms. The van der Waals surface area contributed by atoms with Crippen molar-refractivity contribution in [2.45, 2.75) is 12.6 Å². The summed E-state index contributed by atoms with van der Waals surface area (Å²) in [4.78, 5) is 15.7. The number of amides is 1. The van der Waals surface area contributed by atoms with E-state index in [-0.39, 0.29) is 6.10 Å². The first-order valence-electron chi connectivity index (χ1n) is 5.98. The molecule has 2 aromatic rings. The second-order valence-electron chi connectivity index (χ2n) is 4.19. The van der Waals surface area contributed by atoms with Crippen molar-refractivity contribution in [3.05, 3.63) is 42.7 Å². The maximum absolute atomic E-state index is 11.7. The van der Waals surface area contributed by atoms with Crippen molar-refractivity contribution < 1.29 is 14.3 Å². The fourth-order valence-electron chi connectivity index (χ4n) is 1.91. The summed E-state index contributed by atoms with van der Waals surface area (Å²) in [6, 6.07) is 9.72. The first-order valence-corrected chi connectivity index (χ1v) is 5.98. The van der Waals surface area contributed by atoms with E-state index in [4.69, 9.17) is 9.47 Å². The number of fused-ring (bicyclic) bond motifs is 1. The van der Waals surface area contributed by atoms with Crippen LogP contribution in [0.5, 0.6) is 6.01 Å². The summed E-state index contributed by atoms with van der Waals surface area (Å²) < 4.78 is 12.5. The van der Waals surface area contributed by atoms with Crippen LogP contribution in [0.4, 0.5) is 10.5 Å². The van der Waals surface area contributed by atoms with Gasteiger partial charge in [-0.2, -0.15) is 0 Å². The molecule has 1 atom stereocenters. The Hall–Kier alpha value is -2.50. The summed E-state index contributed by atoms with van der Waals surface area (Å²) >= 11 is 0. The van der Waals surface area contributed by atoms with Crippen LogP contribution in [0.2, 0.25) is 0 Å². The third kappa shape index (κ3) is 2.67. The van der Waals surface area contributed by atoms with Gasteiger partial charge < -0.3 is 9.47 Å². The SMILES string of the molecule is O=C(Nc1ccccc1)OC1COc2nccn2C1. The van der Waals surface area contributed by atoms with Gasteiger partial charge in [0.2, 0.25) is 0 Å². The quantitative estimate of drug-likeness (QED) is 0.894. The molecule has 1 aromatic carbocycles. The average Bonchev–Trinajstić information content (AvgIpc) is 2.87. The number of carbonyl (C=O) groups excluding carboxylic acids is 1. The highest BCUT2D eigenvalue weighted by molar-refractivity contribution is 5.84. The maximum Gasteiger partial charge on any atom is 0.412 e. The zero-order valence-corrected chi connectivity index (χ0v) is 10.2. The van der Waals surface area contributed by atoms with E-state index in [1.54, 1.807) is 24.5 Å². The molecule has 1 N–H and O–H groups in total. The Morgan fingerprint density at radius 1 is 1.42 bits per heavy atom. The second kappa shape index (κ2) is 5.01.